The van der Waals surface area contributed by atoms with Crippen LogP contribution in [0, 0.1) is 0 Å². The first-order valence-electron chi connectivity index (χ1n) is 9.40. The molecule has 2 heterocycles. The molecule has 0 spiro atoms. The molecular formula is C24H15Cl2NO2S2. The van der Waals surface area contributed by atoms with Crippen LogP contribution in [-0.4, -0.2) is 11.1 Å². The van der Waals surface area contributed by atoms with Crippen LogP contribution in [-0.2, 0) is 10.3 Å². The van der Waals surface area contributed by atoms with E-state index < -0.39 is 11.5 Å². The first-order valence-corrected chi connectivity index (χ1v) is 11.9. The molecule has 3 nitrogen and oxygen atoms in total. The molecule has 31 heavy (non-hydrogen) atoms. The fourth-order valence-electron chi connectivity index (χ4n) is 3.94. The van der Waals surface area contributed by atoms with E-state index in [2.05, 4.69) is 5.32 Å². The lowest BCUT2D eigenvalue weighted by molar-refractivity contribution is -0.141. The number of halogens is 2. The number of benzene rings is 3. The van der Waals surface area contributed by atoms with Crippen LogP contribution < -0.4 is 5.32 Å². The highest BCUT2D eigenvalue weighted by molar-refractivity contribution is 7.17. The highest BCUT2D eigenvalue weighted by Crippen LogP contribution is 2.45. The molecule has 0 atom stereocenters. The molecule has 0 fully saturated rings. The Kier molecular flexibility index (Phi) is 5.15. The molecule has 5 rings (SSSR count). The third kappa shape index (κ3) is 3.38. The monoisotopic (exact) mass is 483 g/mol. The van der Waals surface area contributed by atoms with E-state index in [-0.39, 0.29) is 0 Å². The van der Waals surface area contributed by atoms with Crippen molar-refractivity contribution in [3.8, 4) is 0 Å². The van der Waals surface area contributed by atoms with Crippen molar-refractivity contribution in [1.29, 1.82) is 0 Å². The molecule has 5 aromatic rings. The maximum absolute atomic E-state index is 13.2. The molecule has 0 radical (unpaired) electrons. The van der Waals surface area contributed by atoms with Crippen molar-refractivity contribution < 1.29 is 9.90 Å². The van der Waals surface area contributed by atoms with Gasteiger partial charge in [-0.3, -0.25) is 0 Å². The van der Waals surface area contributed by atoms with Crippen molar-refractivity contribution in [2.45, 2.75) is 5.54 Å². The van der Waals surface area contributed by atoms with Crippen LogP contribution in [0.25, 0.3) is 20.2 Å². The van der Waals surface area contributed by atoms with Gasteiger partial charge in [0.05, 0.1) is 0 Å². The molecule has 0 amide bonds. The van der Waals surface area contributed by atoms with E-state index in [9.17, 15) is 9.90 Å². The van der Waals surface area contributed by atoms with E-state index in [1.807, 2.05) is 59.3 Å². The van der Waals surface area contributed by atoms with Gasteiger partial charge in [-0.25, -0.2) is 4.79 Å². The van der Waals surface area contributed by atoms with Gasteiger partial charge in [-0.1, -0.05) is 59.6 Å². The third-order valence-electron chi connectivity index (χ3n) is 5.29. The van der Waals surface area contributed by atoms with Crippen molar-refractivity contribution >= 4 is 77.7 Å². The minimum absolute atomic E-state index is 0.430. The van der Waals surface area contributed by atoms with Gasteiger partial charge in [-0.2, -0.15) is 0 Å². The average Bonchev–Trinajstić information content (AvgIpc) is 3.36. The summed E-state index contributed by atoms with van der Waals surface area (Å²) in [7, 11) is 0. The summed E-state index contributed by atoms with van der Waals surface area (Å²) in [4.78, 5) is 13.2. The van der Waals surface area contributed by atoms with Gasteiger partial charge in [0.25, 0.3) is 0 Å². The lowest BCUT2D eigenvalue weighted by Crippen LogP contribution is -2.44. The summed E-state index contributed by atoms with van der Waals surface area (Å²) in [5.41, 5.74) is 0.360. The predicted octanol–water partition coefficient (Wildman–Crippen LogP) is 7.86. The summed E-state index contributed by atoms with van der Waals surface area (Å²) in [5, 5.41) is 20.6. The highest BCUT2D eigenvalue weighted by atomic mass is 35.5. The van der Waals surface area contributed by atoms with Gasteiger partial charge in [0.1, 0.15) is 0 Å². The number of anilines is 1. The summed E-state index contributed by atoms with van der Waals surface area (Å²) in [5.74, 6) is -1.00. The third-order valence-corrected chi connectivity index (χ3v) is 7.65. The number of rotatable bonds is 5. The smallest absolute Gasteiger partial charge is 0.338 e. The lowest BCUT2D eigenvalue weighted by Gasteiger charge is -2.32. The second kappa shape index (κ2) is 7.84. The molecular weight excluding hydrogens is 469 g/mol. The van der Waals surface area contributed by atoms with Crippen molar-refractivity contribution in [3.63, 3.8) is 0 Å². The summed E-state index contributed by atoms with van der Waals surface area (Å²) >= 11 is 15.5. The summed E-state index contributed by atoms with van der Waals surface area (Å²) in [6.07, 6.45) is 0. The molecule has 2 aromatic heterocycles. The highest BCUT2D eigenvalue weighted by Gasteiger charge is 2.46. The Hall–Kier alpha value is -2.57. The van der Waals surface area contributed by atoms with Crippen molar-refractivity contribution in [2.75, 3.05) is 5.32 Å². The summed E-state index contributed by atoms with van der Waals surface area (Å²) in [6, 6.07) is 20.7. The number of nitrogens with one attached hydrogen (secondary N) is 1. The molecule has 0 saturated carbocycles. The van der Waals surface area contributed by atoms with E-state index in [1.54, 1.807) is 18.2 Å². The molecule has 0 saturated heterocycles. The molecule has 2 N–H and O–H groups in total. The number of carboxylic acids is 1. The van der Waals surface area contributed by atoms with Crippen LogP contribution in [0.1, 0.15) is 11.1 Å². The Morgan fingerprint density at radius 1 is 0.806 bits per heavy atom. The second-order valence-electron chi connectivity index (χ2n) is 7.13. The van der Waals surface area contributed by atoms with E-state index >= 15 is 0 Å². The maximum atomic E-state index is 13.2. The Morgan fingerprint density at radius 3 is 1.77 bits per heavy atom. The quantitative estimate of drug-likeness (QED) is 0.267. The Balaban J connectivity index is 1.85. The number of carbonyl (C=O) groups is 1. The van der Waals surface area contributed by atoms with Gasteiger partial charge in [0.15, 0.2) is 5.54 Å². The molecule has 0 bridgehead atoms. The van der Waals surface area contributed by atoms with Crippen LogP contribution in [0.4, 0.5) is 5.69 Å². The topological polar surface area (TPSA) is 49.3 Å². The lowest BCUT2D eigenvalue weighted by atomic mass is 9.82. The van der Waals surface area contributed by atoms with Crippen LogP contribution in [0.2, 0.25) is 10.0 Å². The van der Waals surface area contributed by atoms with Crippen molar-refractivity contribution in [1.82, 2.24) is 0 Å². The zero-order valence-electron chi connectivity index (χ0n) is 15.9. The number of aliphatic carboxylic acids is 1. The number of thiophene rings is 2. The molecule has 7 heteroatoms. The van der Waals surface area contributed by atoms with E-state index in [0.717, 1.165) is 20.2 Å². The van der Waals surface area contributed by atoms with Crippen LogP contribution in [0.15, 0.2) is 77.5 Å². The fraction of sp³-hybridized carbons (Fsp3) is 0.0417. The Labute approximate surface area is 196 Å². The number of hydrogen-bond acceptors (Lipinski definition) is 4. The number of fused-ring (bicyclic) bond motifs is 2. The van der Waals surface area contributed by atoms with Gasteiger partial charge in [-0.15, -0.1) is 22.7 Å². The first kappa shape index (κ1) is 20.3. The maximum Gasteiger partial charge on any atom is 0.338 e. The van der Waals surface area contributed by atoms with Crippen LogP contribution >= 0.6 is 45.9 Å². The Morgan fingerprint density at radius 2 is 1.29 bits per heavy atom. The van der Waals surface area contributed by atoms with Gasteiger partial charge < -0.3 is 10.4 Å². The van der Waals surface area contributed by atoms with Gasteiger partial charge in [0.2, 0.25) is 0 Å². The standard InChI is InChI=1S/C24H15Cl2NO2S2/c25-14-9-15(26)11-16(10-14)27-24(23(28)29,19-12-30-21-7-3-1-5-17(19)21)20-13-31-22-8-4-2-6-18(20)22/h1-13,27H,(H,28,29). The zero-order chi connectivity index (χ0) is 21.6. The van der Waals surface area contributed by atoms with E-state index in [1.165, 1.54) is 22.7 Å². The number of hydrogen-bond donors (Lipinski definition) is 2. The van der Waals surface area contributed by atoms with Gasteiger partial charge >= 0.3 is 5.97 Å². The van der Waals surface area contributed by atoms with Gasteiger partial charge in [-0.05, 0) is 51.9 Å². The minimum Gasteiger partial charge on any atom is -0.479 e. The summed E-state index contributed by atoms with van der Waals surface area (Å²) < 4.78 is 2.04. The average molecular weight is 484 g/mol. The summed E-state index contributed by atoms with van der Waals surface area (Å²) in [6.45, 7) is 0. The van der Waals surface area contributed by atoms with E-state index in [0.29, 0.717) is 26.9 Å². The molecule has 0 unspecified atom stereocenters. The normalized spacial score (nSPS) is 11.8. The van der Waals surface area contributed by atoms with Crippen molar-refractivity contribution in [2.24, 2.45) is 0 Å². The second-order valence-corrected chi connectivity index (χ2v) is 9.82. The Bertz CT molecular complexity index is 1350. The molecule has 154 valence electrons. The zero-order valence-corrected chi connectivity index (χ0v) is 19.1. The SMILES string of the molecule is O=C(O)C(Nc1cc(Cl)cc(Cl)c1)(c1csc2ccccc12)c1csc2ccccc12. The van der Waals surface area contributed by atoms with Crippen LogP contribution in [0.5, 0.6) is 0 Å². The first-order chi connectivity index (χ1) is 15.0. The molecule has 0 aliphatic heterocycles. The number of carboxylic acid groups (broad SMARTS) is 1. The van der Waals surface area contributed by atoms with Crippen LogP contribution in [0.3, 0.4) is 0 Å². The van der Waals surface area contributed by atoms with E-state index in [4.69, 9.17) is 23.2 Å². The minimum atomic E-state index is -1.53. The molecule has 3 aromatic carbocycles. The van der Waals surface area contributed by atoms with Crippen molar-refractivity contribution in [3.05, 3.63) is 98.7 Å². The largest absolute Gasteiger partial charge is 0.479 e. The van der Waals surface area contributed by atoms with Gasteiger partial charge in [0, 0.05) is 36.3 Å². The molecule has 0 aliphatic carbocycles. The predicted molar refractivity (Wildman–Crippen MR) is 132 cm³/mol. The fourth-order valence-corrected chi connectivity index (χ4v) is 6.49. The molecule has 0 aliphatic rings.